The zero-order valence-corrected chi connectivity index (χ0v) is 18.0. The lowest BCUT2D eigenvalue weighted by Gasteiger charge is -2.39. The largest absolute Gasteiger partial charge is 0.252 e. The van der Waals surface area contributed by atoms with Gasteiger partial charge in [-0.25, -0.2) is 28.1 Å². The summed E-state index contributed by atoms with van der Waals surface area (Å²) >= 11 is 0. The van der Waals surface area contributed by atoms with E-state index in [1.165, 1.54) is 31.1 Å². The van der Waals surface area contributed by atoms with E-state index in [-0.39, 0.29) is 17.9 Å². The minimum absolute atomic E-state index is 0.199. The number of aromatic nitrogens is 5. The van der Waals surface area contributed by atoms with Gasteiger partial charge in [-0.3, -0.25) is 4.68 Å². The van der Waals surface area contributed by atoms with Gasteiger partial charge in [0.15, 0.2) is 5.82 Å². The van der Waals surface area contributed by atoms with Crippen LogP contribution < -0.4 is 0 Å². The van der Waals surface area contributed by atoms with Crippen molar-refractivity contribution in [3.63, 3.8) is 0 Å². The second-order valence-electron chi connectivity index (χ2n) is 7.00. The molecule has 2 heterocycles. The summed E-state index contributed by atoms with van der Waals surface area (Å²) in [5, 5.41) is 4.15. The Morgan fingerprint density at radius 3 is 2.43 bits per heavy atom. The van der Waals surface area contributed by atoms with Crippen LogP contribution in [0.5, 0.6) is 0 Å². The highest BCUT2D eigenvalue weighted by Crippen LogP contribution is 2.45. The molecule has 0 aliphatic rings. The summed E-state index contributed by atoms with van der Waals surface area (Å²) in [7, 11) is 0. The first kappa shape index (κ1) is 23.5. The van der Waals surface area contributed by atoms with Crippen molar-refractivity contribution in [3.8, 4) is 0 Å². The van der Waals surface area contributed by atoms with Crippen LogP contribution in [-0.4, -0.2) is 24.7 Å². The molecule has 0 bridgehead atoms. The molecule has 0 saturated heterocycles. The van der Waals surface area contributed by atoms with Crippen LogP contribution in [0.15, 0.2) is 37.2 Å². The van der Waals surface area contributed by atoms with Crippen molar-refractivity contribution >= 4 is 0 Å². The Balaban J connectivity index is 0.00000155. The van der Waals surface area contributed by atoms with Gasteiger partial charge in [-0.2, -0.15) is 5.10 Å². The molecular formula is C22H28F3N5. The van der Waals surface area contributed by atoms with Crippen LogP contribution in [0.2, 0.25) is 0 Å². The summed E-state index contributed by atoms with van der Waals surface area (Å²) in [5.74, 6) is -2.38. The van der Waals surface area contributed by atoms with Crippen molar-refractivity contribution in [3.05, 3.63) is 71.6 Å². The van der Waals surface area contributed by atoms with E-state index < -0.39 is 28.8 Å². The minimum atomic E-state index is -0.915. The Bertz CT molecular complexity index is 946. The fourth-order valence-corrected chi connectivity index (χ4v) is 3.87. The summed E-state index contributed by atoms with van der Waals surface area (Å²) in [6.07, 6.45) is 5.43. The first-order chi connectivity index (χ1) is 14.4. The van der Waals surface area contributed by atoms with E-state index in [4.69, 9.17) is 0 Å². The van der Waals surface area contributed by atoms with Crippen molar-refractivity contribution in [2.45, 2.75) is 65.3 Å². The molecule has 0 fully saturated rings. The molecule has 0 aliphatic heterocycles. The Morgan fingerprint density at radius 2 is 1.83 bits per heavy atom. The molecule has 0 N–H and O–H groups in total. The molecule has 162 valence electrons. The topological polar surface area (TPSA) is 56.5 Å². The summed E-state index contributed by atoms with van der Waals surface area (Å²) in [6, 6.07) is 3.51. The lowest BCUT2D eigenvalue weighted by atomic mass is 9.66. The maximum atomic E-state index is 14.9. The van der Waals surface area contributed by atoms with Crippen LogP contribution in [0.4, 0.5) is 13.2 Å². The van der Waals surface area contributed by atoms with Gasteiger partial charge in [-0.1, -0.05) is 40.2 Å². The number of halogens is 3. The number of aryl methyl sites for hydroxylation is 1. The van der Waals surface area contributed by atoms with Crippen molar-refractivity contribution in [2.24, 2.45) is 0 Å². The molecule has 2 aromatic heterocycles. The molecule has 0 saturated carbocycles. The Labute approximate surface area is 175 Å². The number of benzene rings is 1. The second kappa shape index (κ2) is 10.3. The molecule has 3 aromatic rings. The molecule has 3 rings (SSSR count). The number of rotatable bonds is 7. The predicted molar refractivity (Wildman–Crippen MR) is 109 cm³/mol. The molecule has 0 amide bonds. The minimum Gasteiger partial charge on any atom is -0.252 e. The molecule has 8 heteroatoms. The third-order valence-corrected chi connectivity index (χ3v) is 5.30. The van der Waals surface area contributed by atoms with E-state index in [0.29, 0.717) is 18.4 Å². The highest BCUT2D eigenvalue weighted by atomic mass is 19.1. The summed E-state index contributed by atoms with van der Waals surface area (Å²) in [5.41, 5.74) is -0.191. The van der Waals surface area contributed by atoms with Gasteiger partial charge in [0.2, 0.25) is 0 Å². The average Bonchev–Trinajstić information content (AvgIpc) is 3.23. The SMILES string of the molecule is CC.CCCC(Cn1cncn1)(c1ccc(F)cc1F)C(C)c1ncnc(C)c1F. The Morgan fingerprint density at radius 1 is 1.10 bits per heavy atom. The second-order valence-corrected chi connectivity index (χ2v) is 7.00. The molecule has 2 unspecified atom stereocenters. The number of hydrogen-bond acceptors (Lipinski definition) is 4. The van der Waals surface area contributed by atoms with Crippen molar-refractivity contribution in [1.82, 2.24) is 24.7 Å². The summed E-state index contributed by atoms with van der Waals surface area (Å²) in [6.45, 7) is 9.57. The molecule has 0 spiro atoms. The monoisotopic (exact) mass is 419 g/mol. The van der Waals surface area contributed by atoms with Gasteiger partial charge in [0, 0.05) is 17.4 Å². The van der Waals surface area contributed by atoms with Gasteiger partial charge >= 0.3 is 0 Å². The smallest absolute Gasteiger partial charge is 0.166 e. The van der Waals surface area contributed by atoms with Gasteiger partial charge in [0.05, 0.1) is 17.9 Å². The average molecular weight is 419 g/mol. The van der Waals surface area contributed by atoms with E-state index in [0.717, 1.165) is 6.07 Å². The van der Waals surface area contributed by atoms with Gasteiger partial charge in [-0.05, 0) is 25.0 Å². The fourth-order valence-electron chi connectivity index (χ4n) is 3.87. The molecule has 0 aliphatic carbocycles. The number of nitrogens with zero attached hydrogens (tertiary/aromatic N) is 5. The lowest BCUT2D eigenvalue weighted by Crippen LogP contribution is -2.39. The van der Waals surface area contributed by atoms with Gasteiger partial charge < -0.3 is 0 Å². The first-order valence-electron chi connectivity index (χ1n) is 10.1. The number of hydrogen-bond donors (Lipinski definition) is 0. The fraction of sp³-hybridized carbons (Fsp3) is 0.455. The third kappa shape index (κ3) is 4.68. The maximum Gasteiger partial charge on any atom is 0.166 e. The highest BCUT2D eigenvalue weighted by Gasteiger charge is 2.42. The van der Waals surface area contributed by atoms with Crippen LogP contribution >= 0.6 is 0 Å². The molecule has 30 heavy (non-hydrogen) atoms. The van der Waals surface area contributed by atoms with Gasteiger partial charge in [0.1, 0.15) is 30.6 Å². The van der Waals surface area contributed by atoms with E-state index >= 15 is 0 Å². The van der Waals surface area contributed by atoms with Crippen molar-refractivity contribution < 1.29 is 13.2 Å². The maximum absolute atomic E-state index is 14.9. The van der Waals surface area contributed by atoms with E-state index in [2.05, 4.69) is 20.1 Å². The zero-order chi connectivity index (χ0) is 22.3. The van der Waals surface area contributed by atoms with Crippen LogP contribution in [0.25, 0.3) is 0 Å². The summed E-state index contributed by atoms with van der Waals surface area (Å²) in [4.78, 5) is 12.0. The predicted octanol–water partition coefficient (Wildman–Crippen LogP) is 5.36. The van der Waals surface area contributed by atoms with Crippen LogP contribution in [0, 0.1) is 24.4 Å². The van der Waals surface area contributed by atoms with Crippen molar-refractivity contribution in [2.75, 3.05) is 0 Å². The van der Waals surface area contributed by atoms with Crippen molar-refractivity contribution in [1.29, 1.82) is 0 Å². The molecular weight excluding hydrogens is 391 g/mol. The molecule has 5 nitrogen and oxygen atoms in total. The van der Waals surface area contributed by atoms with Gasteiger partial charge in [-0.15, -0.1) is 0 Å². The van der Waals surface area contributed by atoms with Crippen LogP contribution in [0.1, 0.15) is 63.4 Å². The quantitative estimate of drug-likeness (QED) is 0.517. The lowest BCUT2D eigenvalue weighted by molar-refractivity contribution is 0.253. The summed E-state index contributed by atoms with van der Waals surface area (Å²) < 4.78 is 45.0. The molecule has 0 radical (unpaired) electrons. The van der Waals surface area contributed by atoms with E-state index in [1.807, 2.05) is 20.8 Å². The Hall–Kier alpha value is -2.77. The Kier molecular flexibility index (Phi) is 8.08. The zero-order valence-electron chi connectivity index (χ0n) is 18.0. The third-order valence-electron chi connectivity index (χ3n) is 5.30. The first-order valence-corrected chi connectivity index (χ1v) is 10.1. The highest BCUT2D eigenvalue weighted by molar-refractivity contribution is 5.33. The van der Waals surface area contributed by atoms with Crippen LogP contribution in [-0.2, 0) is 12.0 Å². The normalized spacial score (nSPS) is 13.9. The standard InChI is InChI=1S/C20H22F3N5.C2H6/c1-4-7-20(9-28-12-24-10-27-28,16-6-5-15(21)8-17(16)22)13(2)19-18(23)14(3)25-11-26-19;1-2/h5-6,8,10-13H,4,7,9H2,1-3H3;1-2H3. The van der Waals surface area contributed by atoms with Crippen LogP contribution in [0.3, 0.4) is 0 Å². The van der Waals surface area contributed by atoms with Gasteiger partial charge in [0.25, 0.3) is 0 Å². The molecule has 2 atom stereocenters. The molecule has 1 aromatic carbocycles. The van der Waals surface area contributed by atoms with E-state index in [1.54, 1.807) is 18.5 Å². The van der Waals surface area contributed by atoms with E-state index in [9.17, 15) is 13.2 Å².